The third-order valence-electron chi connectivity index (χ3n) is 5.53. The first-order chi connectivity index (χ1) is 12.7. The number of aliphatic imine (C=N–C) groups is 1. The molecule has 3 aliphatic rings. The van der Waals surface area contributed by atoms with Crippen LogP contribution in [0.3, 0.4) is 0 Å². The van der Waals surface area contributed by atoms with Crippen molar-refractivity contribution in [1.29, 1.82) is 0 Å². The maximum absolute atomic E-state index is 12.7. The standard InChI is InChI=1S/C19H24N4O2S.HI/c1-2-20-19(22-10-12-5-8-26-11-12)21-6-7-23-17(24)15-13-3-4-14(9-13)16(15)18(23)25;/h3-5,8,11,13-16H,2,6-7,9-10H2,1H3,(H2,20,21,22);1H. The molecule has 2 bridgehead atoms. The Morgan fingerprint density at radius 1 is 1.22 bits per heavy atom. The predicted octanol–water partition coefficient (Wildman–Crippen LogP) is 2.23. The highest BCUT2D eigenvalue weighted by Gasteiger charge is 2.58. The van der Waals surface area contributed by atoms with Crippen LogP contribution in [0.5, 0.6) is 0 Å². The molecule has 146 valence electrons. The van der Waals surface area contributed by atoms with E-state index in [1.165, 1.54) is 10.5 Å². The van der Waals surface area contributed by atoms with Crippen molar-refractivity contribution >= 4 is 53.1 Å². The van der Waals surface area contributed by atoms with E-state index in [0.717, 1.165) is 13.0 Å². The zero-order valence-corrected chi connectivity index (χ0v) is 18.4. The van der Waals surface area contributed by atoms with Gasteiger partial charge in [-0.15, -0.1) is 24.0 Å². The van der Waals surface area contributed by atoms with E-state index in [1.54, 1.807) is 11.3 Å². The number of nitrogens with zero attached hydrogens (tertiary/aromatic N) is 2. The molecule has 2 amide bonds. The lowest BCUT2D eigenvalue weighted by molar-refractivity contribution is -0.140. The molecule has 2 aliphatic carbocycles. The largest absolute Gasteiger partial charge is 0.357 e. The fraction of sp³-hybridized carbons (Fsp3) is 0.526. The molecule has 1 aromatic rings. The van der Waals surface area contributed by atoms with Crippen molar-refractivity contribution < 1.29 is 9.59 Å². The zero-order chi connectivity index (χ0) is 18.1. The maximum atomic E-state index is 12.7. The molecule has 8 heteroatoms. The number of fused-ring (bicyclic) bond motifs is 5. The van der Waals surface area contributed by atoms with Crippen molar-refractivity contribution in [3.63, 3.8) is 0 Å². The molecule has 1 aromatic heterocycles. The summed E-state index contributed by atoms with van der Waals surface area (Å²) in [5, 5.41) is 10.6. The second-order valence-corrected chi connectivity index (χ2v) is 7.86. The number of guanidine groups is 1. The molecule has 1 saturated carbocycles. The van der Waals surface area contributed by atoms with E-state index in [1.807, 2.05) is 12.3 Å². The molecule has 0 spiro atoms. The smallest absolute Gasteiger partial charge is 0.233 e. The summed E-state index contributed by atoms with van der Waals surface area (Å²) >= 11 is 1.66. The summed E-state index contributed by atoms with van der Waals surface area (Å²) in [5.74, 6) is 1.04. The summed E-state index contributed by atoms with van der Waals surface area (Å²) in [7, 11) is 0. The Kier molecular flexibility index (Phi) is 6.56. The van der Waals surface area contributed by atoms with E-state index < -0.39 is 0 Å². The van der Waals surface area contributed by atoms with Gasteiger partial charge in [-0.3, -0.25) is 14.5 Å². The van der Waals surface area contributed by atoms with Gasteiger partial charge in [0.15, 0.2) is 5.96 Å². The summed E-state index contributed by atoms with van der Waals surface area (Å²) in [5.41, 5.74) is 1.17. The van der Waals surface area contributed by atoms with Crippen LogP contribution in [0.1, 0.15) is 18.9 Å². The minimum Gasteiger partial charge on any atom is -0.357 e. The topological polar surface area (TPSA) is 73.8 Å². The predicted molar refractivity (Wildman–Crippen MR) is 117 cm³/mol. The summed E-state index contributed by atoms with van der Waals surface area (Å²) < 4.78 is 0. The Balaban J connectivity index is 0.00000210. The number of amides is 2. The fourth-order valence-electron chi connectivity index (χ4n) is 4.37. The summed E-state index contributed by atoms with van der Waals surface area (Å²) in [6.07, 6.45) is 5.22. The molecular weight excluding hydrogens is 475 g/mol. The summed E-state index contributed by atoms with van der Waals surface area (Å²) in [4.78, 5) is 31.3. The third-order valence-corrected chi connectivity index (χ3v) is 6.27. The van der Waals surface area contributed by atoms with Crippen LogP contribution in [0.15, 0.2) is 34.0 Å². The minimum absolute atomic E-state index is 0. The first kappa shape index (κ1) is 20.3. The normalized spacial score (nSPS) is 28.5. The van der Waals surface area contributed by atoms with Gasteiger partial charge in [-0.2, -0.15) is 11.3 Å². The maximum Gasteiger partial charge on any atom is 0.233 e. The van der Waals surface area contributed by atoms with Gasteiger partial charge in [-0.25, -0.2) is 4.99 Å². The number of imide groups is 1. The van der Waals surface area contributed by atoms with Crippen molar-refractivity contribution in [3.05, 3.63) is 34.5 Å². The Morgan fingerprint density at radius 2 is 1.93 bits per heavy atom. The number of allylic oxidation sites excluding steroid dienone is 2. The van der Waals surface area contributed by atoms with Crippen LogP contribution in [0.2, 0.25) is 0 Å². The number of nitrogens with one attached hydrogen (secondary N) is 2. The lowest BCUT2D eigenvalue weighted by atomic mass is 9.85. The van der Waals surface area contributed by atoms with Crippen LogP contribution in [0.4, 0.5) is 0 Å². The van der Waals surface area contributed by atoms with Crippen LogP contribution in [-0.4, -0.2) is 42.3 Å². The number of hydrogen-bond acceptors (Lipinski definition) is 4. The third kappa shape index (κ3) is 3.91. The molecule has 6 nitrogen and oxygen atoms in total. The molecule has 4 rings (SSSR count). The van der Waals surface area contributed by atoms with Gasteiger partial charge in [-0.1, -0.05) is 12.2 Å². The Bertz CT molecular complexity index is 719. The zero-order valence-electron chi connectivity index (χ0n) is 15.3. The fourth-order valence-corrected chi connectivity index (χ4v) is 5.03. The molecule has 0 aromatic carbocycles. The molecule has 1 saturated heterocycles. The number of halogens is 1. The highest BCUT2D eigenvalue weighted by atomic mass is 127. The van der Waals surface area contributed by atoms with Gasteiger partial charge < -0.3 is 10.6 Å². The van der Waals surface area contributed by atoms with Gasteiger partial charge in [0.05, 0.1) is 18.4 Å². The van der Waals surface area contributed by atoms with Gasteiger partial charge in [0, 0.05) is 19.6 Å². The molecule has 27 heavy (non-hydrogen) atoms. The van der Waals surface area contributed by atoms with E-state index in [2.05, 4.69) is 39.2 Å². The van der Waals surface area contributed by atoms with Crippen molar-refractivity contribution in [2.75, 3.05) is 19.6 Å². The average molecular weight is 500 g/mol. The lowest BCUT2D eigenvalue weighted by Gasteiger charge is -2.18. The van der Waals surface area contributed by atoms with Gasteiger partial charge in [0.1, 0.15) is 0 Å². The number of thiophene rings is 1. The highest BCUT2D eigenvalue weighted by molar-refractivity contribution is 14.0. The molecule has 2 heterocycles. The van der Waals surface area contributed by atoms with E-state index in [-0.39, 0.29) is 59.5 Å². The SMILES string of the molecule is CCNC(=NCc1ccsc1)NCCN1C(=O)C2C3C=CC(C3)C2C1=O.I. The van der Waals surface area contributed by atoms with Gasteiger partial charge >= 0.3 is 0 Å². The summed E-state index contributed by atoms with van der Waals surface area (Å²) in [6.45, 7) is 4.29. The van der Waals surface area contributed by atoms with Crippen molar-refractivity contribution in [2.24, 2.45) is 28.7 Å². The quantitative estimate of drug-likeness (QED) is 0.207. The molecule has 2 fully saturated rings. The second kappa shape index (κ2) is 8.72. The van der Waals surface area contributed by atoms with E-state index in [4.69, 9.17) is 0 Å². The molecule has 4 atom stereocenters. The second-order valence-electron chi connectivity index (χ2n) is 7.08. The average Bonchev–Trinajstić information content (AvgIpc) is 3.40. The van der Waals surface area contributed by atoms with E-state index in [0.29, 0.717) is 25.6 Å². The lowest BCUT2D eigenvalue weighted by Crippen LogP contribution is -2.43. The van der Waals surface area contributed by atoms with Gasteiger partial charge in [-0.05, 0) is 47.6 Å². The van der Waals surface area contributed by atoms with Crippen LogP contribution in [0.25, 0.3) is 0 Å². The number of likely N-dealkylation sites (tertiary alicyclic amines) is 1. The molecule has 0 radical (unpaired) electrons. The first-order valence-corrected chi connectivity index (χ1v) is 10.2. The van der Waals surface area contributed by atoms with Crippen LogP contribution < -0.4 is 10.6 Å². The minimum atomic E-state index is -0.113. The van der Waals surface area contributed by atoms with Gasteiger partial charge in [0.2, 0.25) is 11.8 Å². The van der Waals surface area contributed by atoms with Crippen LogP contribution in [0, 0.1) is 23.7 Å². The van der Waals surface area contributed by atoms with Crippen molar-refractivity contribution in [2.45, 2.75) is 19.9 Å². The molecule has 2 N–H and O–H groups in total. The Morgan fingerprint density at radius 3 is 2.52 bits per heavy atom. The number of rotatable bonds is 6. The molecular formula is C19H25IN4O2S. The van der Waals surface area contributed by atoms with Crippen molar-refractivity contribution in [1.82, 2.24) is 15.5 Å². The monoisotopic (exact) mass is 500 g/mol. The van der Waals surface area contributed by atoms with Crippen LogP contribution in [-0.2, 0) is 16.1 Å². The summed E-state index contributed by atoms with van der Waals surface area (Å²) in [6, 6.07) is 2.06. The van der Waals surface area contributed by atoms with Crippen molar-refractivity contribution in [3.8, 4) is 0 Å². The first-order valence-electron chi connectivity index (χ1n) is 9.26. The number of carbonyl (C=O) groups is 2. The van der Waals surface area contributed by atoms with Crippen LogP contribution >= 0.6 is 35.3 Å². The number of carbonyl (C=O) groups excluding carboxylic acids is 2. The Labute approximate surface area is 180 Å². The number of hydrogen-bond donors (Lipinski definition) is 2. The van der Waals surface area contributed by atoms with Gasteiger partial charge in [0.25, 0.3) is 0 Å². The highest BCUT2D eigenvalue weighted by Crippen LogP contribution is 2.52. The Hall–Kier alpha value is -1.42. The van der Waals surface area contributed by atoms with E-state index in [9.17, 15) is 9.59 Å². The molecule has 1 aliphatic heterocycles. The van der Waals surface area contributed by atoms with E-state index >= 15 is 0 Å². The molecule has 4 unspecified atom stereocenters.